The van der Waals surface area contributed by atoms with E-state index in [-0.39, 0.29) is 5.92 Å². The van der Waals surface area contributed by atoms with Gasteiger partial charge in [0.1, 0.15) is 11.5 Å². The van der Waals surface area contributed by atoms with Crippen LogP contribution in [0.1, 0.15) is 80.2 Å². The molecule has 1 heterocycles. The van der Waals surface area contributed by atoms with Crippen molar-refractivity contribution in [1.82, 2.24) is 9.80 Å². The minimum Gasteiger partial charge on any atom is -0.497 e. The van der Waals surface area contributed by atoms with E-state index in [4.69, 9.17) is 9.47 Å². The molecule has 0 saturated carbocycles. The van der Waals surface area contributed by atoms with Crippen molar-refractivity contribution < 1.29 is 9.47 Å². The summed E-state index contributed by atoms with van der Waals surface area (Å²) in [5.74, 6) is 1.98. The van der Waals surface area contributed by atoms with Gasteiger partial charge in [0.05, 0.1) is 14.2 Å². The molecule has 1 aliphatic heterocycles. The van der Waals surface area contributed by atoms with Gasteiger partial charge in [-0.15, -0.1) is 0 Å². The molecule has 4 heteroatoms. The Morgan fingerprint density at radius 2 is 1.72 bits per heavy atom. The van der Waals surface area contributed by atoms with Gasteiger partial charge in [-0.25, -0.2) is 0 Å². The maximum atomic E-state index is 5.82. The van der Waals surface area contributed by atoms with Gasteiger partial charge in [0.15, 0.2) is 0 Å². The van der Waals surface area contributed by atoms with Crippen molar-refractivity contribution in [2.45, 2.75) is 79.3 Å². The molecule has 0 aliphatic carbocycles. The molecular formula is C32H46N2O2. The van der Waals surface area contributed by atoms with Gasteiger partial charge in [0.2, 0.25) is 0 Å². The average molecular weight is 491 g/mol. The molecule has 0 saturated heterocycles. The van der Waals surface area contributed by atoms with E-state index in [0.29, 0.717) is 0 Å². The van der Waals surface area contributed by atoms with E-state index in [0.717, 1.165) is 63.4 Å². The summed E-state index contributed by atoms with van der Waals surface area (Å²) in [5, 5.41) is 0. The summed E-state index contributed by atoms with van der Waals surface area (Å²) in [7, 11) is 3.47. The zero-order chi connectivity index (χ0) is 26.2. The first-order valence-corrected chi connectivity index (χ1v) is 13.5. The Hall–Kier alpha value is -2.72. The summed E-state index contributed by atoms with van der Waals surface area (Å²) in [4.78, 5) is 5.05. The molecule has 36 heavy (non-hydrogen) atoms. The van der Waals surface area contributed by atoms with Gasteiger partial charge in [0, 0.05) is 55.0 Å². The van der Waals surface area contributed by atoms with E-state index in [1.807, 2.05) is 6.07 Å². The second kappa shape index (κ2) is 13.0. The third-order valence-electron chi connectivity index (χ3n) is 7.06. The van der Waals surface area contributed by atoms with E-state index >= 15 is 0 Å². The molecule has 3 rings (SSSR count). The molecule has 0 radical (unpaired) electrons. The van der Waals surface area contributed by atoms with Crippen LogP contribution in [0.5, 0.6) is 11.5 Å². The molecule has 0 spiro atoms. The minimum atomic E-state index is 0.245. The van der Waals surface area contributed by atoms with Crippen molar-refractivity contribution in [2.24, 2.45) is 0 Å². The Bertz CT molecular complexity index is 1050. The van der Waals surface area contributed by atoms with Crippen molar-refractivity contribution in [3.05, 3.63) is 82.2 Å². The van der Waals surface area contributed by atoms with Crippen LogP contribution >= 0.6 is 0 Å². The number of benzene rings is 2. The number of ether oxygens (including phenoxy) is 2. The SMILES string of the molecule is C=C(CCC)N1Cc2cc(OC)cc(OC)c2C(C)C=C1CCN(CCC)Cc1cc(C)cc(C)c1. The van der Waals surface area contributed by atoms with Crippen LogP contribution in [0.4, 0.5) is 0 Å². The first-order chi connectivity index (χ1) is 17.3. The topological polar surface area (TPSA) is 24.9 Å². The molecule has 0 amide bonds. The lowest BCUT2D eigenvalue weighted by atomic mass is 9.94. The van der Waals surface area contributed by atoms with Crippen LogP contribution in [0.3, 0.4) is 0 Å². The number of methoxy groups -OCH3 is 2. The lowest BCUT2D eigenvalue weighted by Crippen LogP contribution is -2.29. The fraction of sp³-hybridized carbons (Fsp3) is 0.500. The predicted octanol–water partition coefficient (Wildman–Crippen LogP) is 7.74. The van der Waals surface area contributed by atoms with Crippen LogP contribution in [0.25, 0.3) is 0 Å². The number of nitrogens with zero attached hydrogens (tertiary/aromatic N) is 2. The highest BCUT2D eigenvalue weighted by Crippen LogP contribution is 2.40. The summed E-state index contributed by atoms with van der Waals surface area (Å²) >= 11 is 0. The van der Waals surface area contributed by atoms with Crippen LogP contribution in [0.15, 0.2) is 54.4 Å². The number of aryl methyl sites for hydroxylation is 2. The zero-order valence-corrected chi connectivity index (χ0v) is 23.6. The first kappa shape index (κ1) is 27.9. The third-order valence-corrected chi connectivity index (χ3v) is 7.06. The van der Waals surface area contributed by atoms with Crippen molar-refractivity contribution >= 4 is 0 Å². The van der Waals surface area contributed by atoms with Crippen LogP contribution < -0.4 is 9.47 Å². The highest BCUT2D eigenvalue weighted by molar-refractivity contribution is 5.51. The first-order valence-electron chi connectivity index (χ1n) is 13.5. The largest absolute Gasteiger partial charge is 0.497 e. The maximum Gasteiger partial charge on any atom is 0.126 e. The number of fused-ring (bicyclic) bond motifs is 1. The van der Waals surface area contributed by atoms with Crippen LogP contribution in [-0.2, 0) is 13.1 Å². The van der Waals surface area contributed by atoms with E-state index < -0.39 is 0 Å². The second-order valence-corrected chi connectivity index (χ2v) is 10.3. The van der Waals surface area contributed by atoms with E-state index in [9.17, 15) is 0 Å². The van der Waals surface area contributed by atoms with Gasteiger partial charge >= 0.3 is 0 Å². The lowest BCUT2D eigenvalue weighted by Gasteiger charge is -2.31. The molecule has 1 atom stereocenters. The molecule has 2 aromatic carbocycles. The molecule has 1 unspecified atom stereocenters. The number of allylic oxidation sites excluding steroid dienone is 2. The van der Waals surface area contributed by atoms with Crippen LogP contribution in [0.2, 0.25) is 0 Å². The normalized spacial score (nSPS) is 15.4. The summed E-state index contributed by atoms with van der Waals surface area (Å²) in [6, 6.07) is 11.1. The van der Waals surface area contributed by atoms with Gasteiger partial charge < -0.3 is 14.4 Å². The zero-order valence-electron chi connectivity index (χ0n) is 23.6. The molecule has 1 aliphatic rings. The van der Waals surface area contributed by atoms with E-state index in [1.54, 1.807) is 14.2 Å². The smallest absolute Gasteiger partial charge is 0.126 e. The Balaban J connectivity index is 1.90. The number of hydrogen-bond donors (Lipinski definition) is 0. The fourth-order valence-corrected chi connectivity index (χ4v) is 5.56. The van der Waals surface area contributed by atoms with Crippen molar-refractivity contribution in [3.8, 4) is 11.5 Å². The molecule has 0 N–H and O–H groups in total. The summed E-state index contributed by atoms with van der Waals surface area (Å²) in [6.07, 6.45) is 6.65. The number of rotatable bonds is 12. The highest BCUT2D eigenvalue weighted by Gasteiger charge is 2.26. The Labute approximate surface area is 219 Å². The average Bonchev–Trinajstić information content (AvgIpc) is 2.97. The highest BCUT2D eigenvalue weighted by atomic mass is 16.5. The van der Waals surface area contributed by atoms with Gasteiger partial charge in [0.25, 0.3) is 0 Å². The Morgan fingerprint density at radius 3 is 2.33 bits per heavy atom. The second-order valence-electron chi connectivity index (χ2n) is 10.3. The fourth-order valence-electron chi connectivity index (χ4n) is 5.56. The van der Waals surface area contributed by atoms with Crippen LogP contribution in [-0.4, -0.2) is 37.1 Å². The van der Waals surface area contributed by atoms with Crippen molar-refractivity contribution in [3.63, 3.8) is 0 Å². The predicted molar refractivity (Wildman–Crippen MR) is 152 cm³/mol. The molecule has 0 fully saturated rings. The summed E-state index contributed by atoms with van der Waals surface area (Å²) in [6.45, 7) is 19.6. The molecule has 4 nitrogen and oxygen atoms in total. The summed E-state index contributed by atoms with van der Waals surface area (Å²) < 4.78 is 11.4. The van der Waals surface area contributed by atoms with Crippen molar-refractivity contribution in [1.29, 1.82) is 0 Å². The summed E-state index contributed by atoms with van der Waals surface area (Å²) in [5.41, 5.74) is 9.13. The van der Waals surface area contributed by atoms with Gasteiger partial charge in [-0.05, 0) is 50.4 Å². The molecule has 0 bridgehead atoms. The van der Waals surface area contributed by atoms with E-state index in [1.165, 1.54) is 39.2 Å². The molecular weight excluding hydrogens is 444 g/mol. The van der Waals surface area contributed by atoms with Gasteiger partial charge in [-0.3, -0.25) is 4.90 Å². The third kappa shape index (κ3) is 6.94. The van der Waals surface area contributed by atoms with Gasteiger partial charge in [-0.1, -0.05) is 69.2 Å². The molecule has 0 aromatic heterocycles. The standard InChI is InChI=1S/C32H46N2O2/c1-9-11-26(6)34-22-28-19-30(35-7)20-31(36-8)32(28)25(5)18-29(34)12-14-33(13-10-2)21-27-16-23(3)15-24(4)17-27/h15-20,25H,6,9-14,21-22H2,1-5,7-8H3. The monoisotopic (exact) mass is 490 g/mol. The maximum absolute atomic E-state index is 5.82. The number of hydrogen-bond acceptors (Lipinski definition) is 4. The van der Waals surface area contributed by atoms with Crippen LogP contribution in [0, 0.1) is 13.8 Å². The van der Waals surface area contributed by atoms with Crippen molar-refractivity contribution in [2.75, 3.05) is 27.3 Å². The minimum absolute atomic E-state index is 0.245. The Morgan fingerprint density at radius 1 is 1.00 bits per heavy atom. The molecule has 196 valence electrons. The Kier molecular flexibility index (Phi) is 10.1. The quantitative estimate of drug-likeness (QED) is 0.304. The lowest BCUT2D eigenvalue weighted by molar-refractivity contribution is 0.257. The van der Waals surface area contributed by atoms with E-state index in [2.05, 4.69) is 81.3 Å². The molecule has 2 aromatic rings. The van der Waals surface area contributed by atoms with Gasteiger partial charge in [-0.2, -0.15) is 0 Å².